The van der Waals surface area contributed by atoms with Crippen LogP contribution in [0.25, 0.3) is 10.2 Å². The third-order valence-electron chi connectivity index (χ3n) is 12.9. The monoisotopic (exact) mass is 947 g/mol. The number of benzene rings is 5. The number of cyclic esters (lactones) is 1. The molecule has 3 aliphatic rings. The van der Waals surface area contributed by atoms with E-state index in [2.05, 4.69) is 22.5 Å². The van der Waals surface area contributed by atoms with E-state index >= 15 is 19.2 Å². The van der Waals surface area contributed by atoms with E-state index in [1.165, 1.54) is 18.4 Å². The van der Waals surface area contributed by atoms with Gasteiger partial charge in [0.1, 0.15) is 36.0 Å². The first-order valence-electron chi connectivity index (χ1n) is 22.6. The lowest BCUT2D eigenvalue weighted by Crippen LogP contribution is -2.57. The highest BCUT2D eigenvalue weighted by Crippen LogP contribution is 2.66. The fourth-order valence-corrected chi connectivity index (χ4v) is 10.9. The van der Waals surface area contributed by atoms with E-state index in [-0.39, 0.29) is 42.6 Å². The Bertz CT molecular complexity index is 2960. The number of carbonyl (C=O) groups is 5. The van der Waals surface area contributed by atoms with E-state index in [9.17, 15) is 15.0 Å². The Labute approximate surface area is 402 Å². The number of amides is 4. The van der Waals surface area contributed by atoms with Crippen molar-refractivity contribution in [2.24, 2.45) is 11.8 Å². The van der Waals surface area contributed by atoms with Crippen LogP contribution in [0.1, 0.15) is 66.3 Å². The van der Waals surface area contributed by atoms with Gasteiger partial charge in [-0.2, -0.15) is 0 Å². The summed E-state index contributed by atoms with van der Waals surface area (Å²) in [7, 11) is 1.20. The molecule has 4 N–H and O–H groups in total. The highest BCUT2D eigenvalue weighted by molar-refractivity contribution is 7.22. The number of hydrogen-bond acceptors (Lipinski definition) is 13. The molecule has 9 rings (SSSR count). The second kappa shape index (κ2) is 19.7. The first kappa shape index (κ1) is 46.7. The predicted octanol–water partition coefficient (Wildman–Crippen LogP) is 6.61. The zero-order valence-electron chi connectivity index (χ0n) is 37.9. The molecule has 2 fully saturated rings. The summed E-state index contributed by atoms with van der Waals surface area (Å²) >= 11 is 1.22. The number of nitrogens with one attached hydrogen (secondary N) is 2. The average molecular weight is 948 g/mol. The standard InChI is InChI=1S/C53H49N5O10S/c1-31(2)42(48(62)66-3)55-52(65)57-39-25-24-32(15-12-13-26-59)29-37(39)53(50(57)64)41(47(61)56-51-54-38-22-10-11-23-40(38)69-51)44-49(63)68-45(34-18-8-5-9-19-34)43(33-16-6-4-7-17-33)58(44)46(53)35-20-14-21-36(30-35)67-28-27-60/h4-11,14,16-25,29-31,41-46,59-60H,13,26-28H2,1-3H3,(H,55,65)(H,54,56,61). The van der Waals surface area contributed by atoms with Crippen molar-refractivity contribution < 1.29 is 48.4 Å². The van der Waals surface area contributed by atoms with Crippen LogP contribution in [0.3, 0.4) is 0 Å². The highest BCUT2D eigenvalue weighted by atomic mass is 32.1. The minimum Gasteiger partial charge on any atom is -0.491 e. The Morgan fingerprint density at radius 3 is 2.26 bits per heavy atom. The summed E-state index contributed by atoms with van der Waals surface area (Å²) in [6.07, 6.45) is -0.841. The molecule has 4 heterocycles. The summed E-state index contributed by atoms with van der Waals surface area (Å²) in [6, 6.07) is 31.9. The molecule has 352 valence electrons. The fraction of sp³-hybridized carbons (Fsp3) is 0.283. The molecule has 6 aromatic rings. The van der Waals surface area contributed by atoms with E-state index < -0.39 is 77.3 Å². The van der Waals surface area contributed by atoms with E-state index in [0.29, 0.717) is 33.5 Å². The number of morpholine rings is 1. The van der Waals surface area contributed by atoms with Gasteiger partial charge < -0.3 is 35.1 Å². The van der Waals surface area contributed by atoms with Crippen LogP contribution in [0.15, 0.2) is 127 Å². The van der Waals surface area contributed by atoms with Crippen molar-refractivity contribution in [2.45, 2.75) is 56.0 Å². The Balaban J connectivity index is 1.37. The number of ether oxygens (including phenoxy) is 3. The van der Waals surface area contributed by atoms with Gasteiger partial charge in [0.25, 0.3) is 0 Å². The summed E-state index contributed by atoms with van der Waals surface area (Å²) < 4.78 is 18.4. The number of aliphatic hydroxyl groups excluding tert-OH is 2. The number of fused-ring (bicyclic) bond motifs is 4. The van der Waals surface area contributed by atoms with Gasteiger partial charge in [-0.3, -0.25) is 19.3 Å². The molecule has 1 spiro atoms. The van der Waals surface area contributed by atoms with Crippen molar-refractivity contribution >= 4 is 62.2 Å². The van der Waals surface area contributed by atoms with Crippen molar-refractivity contribution in [3.05, 3.63) is 155 Å². The number of carbonyl (C=O) groups excluding carboxylic acids is 5. The molecular formula is C53H49N5O10S. The van der Waals surface area contributed by atoms with E-state index in [4.69, 9.17) is 19.2 Å². The van der Waals surface area contributed by atoms with Crippen LogP contribution in [-0.2, 0) is 34.1 Å². The molecule has 2 saturated heterocycles. The van der Waals surface area contributed by atoms with E-state index in [1.807, 2.05) is 83.8 Å². The lowest BCUT2D eigenvalue weighted by molar-refractivity contribution is -0.177. The van der Waals surface area contributed by atoms with E-state index in [0.717, 1.165) is 9.60 Å². The molecule has 1 aromatic heterocycles. The number of esters is 2. The molecule has 0 radical (unpaired) electrons. The molecule has 69 heavy (non-hydrogen) atoms. The smallest absolute Gasteiger partial charge is 0.329 e. The number of nitrogens with zero attached hydrogens (tertiary/aromatic N) is 3. The topological polar surface area (TPSA) is 197 Å². The molecule has 15 nitrogen and oxygen atoms in total. The zero-order valence-corrected chi connectivity index (χ0v) is 38.7. The molecule has 4 amide bonds. The van der Waals surface area contributed by atoms with Crippen LogP contribution >= 0.6 is 11.3 Å². The molecule has 7 atom stereocenters. The fourth-order valence-electron chi connectivity index (χ4n) is 10.1. The quantitative estimate of drug-likeness (QED) is 0.0758. The number of hydrogen-bond donors (Lipinski definition) is 4. The Hall–Kier alpha value is -7.42. The summed E-state index contributed by atoms with van der Waals surface area (Å²) in [5, 5.41) is 25.4. The summed E-state index contributed by atoms with van der Waals surface area (Å²) in [5.41, 5.74) is 0.897. The number of aromatic nitrogens is 1. The summed E-state index contributed by atoms with van der Waals surface area (Å²) in [5.74, 6) is 1.05. The SMILES string of the molecule is COC(=O)C(NC(=O)N1C(=O)C2(c3cc(C#CCCO)ccc31)C(C(=O)Nc1nc3ccccc3s1)C1C(=O)OC(c3ccccc3)C(c3ccccc3)N1C2c1cccc(OCCO)c1)C(C)C. The highest BCUT2D eigenvalue weighted by Gasteiger charge is 2.75. The van der Waals surface area contributed by atoms with Crippen LogP contribution in [-0.4, -0.2) is 88.9 Å². The molecule has 0 aliphatic carbocycles. The minimum absolute atomic E-state index is 0.0589. The number of rotatable bonds is 12. The maximum Gasteiger partial charge on any atom is 0.329 e. The van der Waals surface area contributed by atoms with Crippen LogP contribution in [0.4, 0.5) is 15.6 Å². The molecule has 16 heteroatoms. The van der Waals surface area contributed by atoms with Crippen molar-refractivity contribution in [2.75, 3.05) is 37.1 Å². The molecule has 0 bridgehead atoms. The van der Waals surface area contributed by atoms with Gasteiger partial charge in [0.2, 0.25) is 11.8 Å². The van der Waals surface area contributed by atoms with Gasteiger partial charge in [0.15, 0.2) is 5.13 Å². The molecular weight excluding hydrogens is 899 g/mol. The van der Waals surface area contributed by atoms with Gasteiger partial charge >= 0.3 is 18.0 Å². The maximum absolute atomic E-state index is 16.6. The van der Waals surface area contributed by atoms with Gasteiger partial charge in [-0.15, -0.1) is 0 Å². The molecule has 5 aromatic carbocycles. The number of urea groups is 1. The zero-order chi connectivity index (χ0) is 48.4. The molecule has 7 unspecified atom stereocenters. The van der Waals surface area contributed by atoms with Crippen molar-refractivity contribution in [1.29, 1.82) is 0 Å². The second-order valence-corrected chi connectivity index (χ2v) is 18.3. The number of para-hydroxylation sites is 1. The Morgan fingerprint density at radius 2 is 1.57 bits per heavy atom. The van der Waals surface area contributed by atoms with Gasteiger partial charge in [-0.25, -0.2) is 19.5 Å². The van der Waals surface area contributed by atoms with Gasteiger partial charge in [-0.1, -0.05) is 122 Å². The number of thiazole rings is 1. The van der Waals surface area contributed by atoms with Crippen molar-refractivity contribution in [3.63, 3.8) is 0 Å². The van der Waals surface area contributed by atoms with Gasteiger partial charge in [0, 0.05) is 12.0 Å². The first-order chi connectivity index (χ1) is 33.5. The molecule has 0 saturated carbocycles. The van der Waals surface area contributed by atoms with Gasteiger partial charge in [-0.05, 0) is 70.6 Å². The third kappa shape index (κ3) is 8.37. The Morgan fingerprint density at radius 1 is 0.855 bits per heavy atom. The van der Waals surface area contributed by atoms with Crippen LogP contribution in [0.5, 0.6) is 5.75 Å². The summed E-state index contributed by atoms with van der Waals surface area (Å²) in [6.45, 7) is 2.88. The van der Waals surface area contributed by atoms with Crippen LogP contribution in [0.2, 0.25) is 0 Å². The second-order valence-electron chi connectivity index (χ2n) is 17.2. The van der Waals surface area contributed by atoms with Crippen molar-refractivity contribution in [3.8, 4) is 17.6 Å². The largest absolute Gasteiger partial charge is 0.491 e. The van der Waals surface area contributed by atoms with E-state index in [1.54, 1.807) is 62.4 Å². The normalized spacial score (nSPS) is 22.1. The number of imide groups is 1. The van der Waals surface area contributed by atoms with Gasteiger partial charge in [0.05, 0.1) is 54.2 Å². The lowest BCUT2D eigenvalue weighted by Gasteiger charge is -2.46. The van der Waals surface area contributed by atoms with Crippen LogP contribution < -0.4 is 20.3 Å². The minimum atomic E-state index is -2.17. The molecule has 3 aliphatic heterocycles. The number of anilines is 2. The van der Waals surface area contributed by atoms with Crippen molar-refractivity contribution in [1.82, 2.24) is 15.2 Å². The average Bonchev–Trinajstić information content (AvgIpc) is 4.00. The lowest BCUT2D eigenvalue weighted by atomic mass is 9.65. The third-order valence-corrected chi connectivity index (χ3v) is 13.8. The Kier molecular flexibility index (Phi) is 13.3. The predicted molar refractivity (Wildman–Crippen MR) is 257 cm³/mol. The maximum atomic E-state index is 16.6. The number of aliphatic hydroxyl groups is 2. The van der Waals surface area contributed by atoms with Crippen LogP contribution in [0, 0.1) is 23.7 Å². The first-order valence-corrected chi connectivity index (χ1v) is 23.4. The summed E-state index contributed by atoms with van der Waals surface area (Å²) in [4.78, 5) is 83.8. The number of methoxy groups -OCH3 is 1.